The summed E-state index contributed by atoms with van der Waals surface area (Å²) in [6.07, 6.45) is 1.12. The number of ether oxygens (including phenoxy) is 1. The third kappa shape index (κ3) is 3.29. The fourth-order valence-corrected chi connectivity index (χ4v) is 3.01. The maximum Gasteiger partial charge on any atom is 0.409 e. The number of aromatic nitrogens is 2. The Morgan fingerprint density at radius 3 is 2.57 bits per heavy atom. The minimum absolute atomic E-state index is 0.296. The van der Waals surface area contributed by atoms with Crippen LogP contribution in [-0.4, -0.2) is 41.2 Å². The van der Waals surface area contributed by atoms with E-state index in [2.05, 4.69) is 9.97 Å². The van der Waals surface area contributed by atoms with Gasteiger partial charge in [0, 0.05) is 41.4 Å². The van der Waals surface area contributed by atoms with Crippen LogP contribution in [0.2, 0.25) is 5.02 Å². The minimum Gasteiger partial charge on any atom is -0.453 e. The third-order valence-corrected chi connectivity index (χ3v) is 4.26. The second-order valence-corrected chi connectivity index (χ2v) is 5.95. The van der Waals surface area contributed by atoms with Gasteiger partial charge in [-0.2, -0.15) is 0 Å². The van der Waals surface area contributed by atoms with Crippen molar-refractivity contribution in [3.63, 3.8) is 0 Å². The molecule has 1 aliphatic heterocycles. The van der Waals surface area contributed by atoms with Crippen molar-refractivity contribution in [2.75, 3.05) is 20.2 Å². The Morgan fingerprint density at radius 2 is 1.87 bits per heavy atom. The van der Waals surface area contributed by atoms with E-state index in [1.54, 1.807) is 4.90 Å². The van der Waals surface area contributed by atoms with Gasteiger partial charge in [0.25, 0.3) is 0 Å². The monoisotopic (exact) mass is 331 g/mol. The fraction of sp³-hybridized carbons (Fsp3) is 0.353. The molecule has 0 unspecified atom stereocenters. The quantitative estimate of drug-likeness (QED) is 0.804. The number of carbonyl (C=O) groups excluding carboxylic acids is 1. The largest absolute Gasteiger partial charge is 0.453 e. The summed E-state index contributed by atoms with van der Waals surface area (Å²) in [7, 11) is 1.41. The van der Waals surface area contributed by atoms with Crippen molar-refractivity contribution in [1.82, 2.24) is 14.9 Å². The van der Waals surface area contributed by atoms with Crippen molar-refractivity contribution in [3.8, 4) is 11.3 Å². The van der Waals surface area contributed by atoms with Gasteiger partial charge in [-0.1, -0.05) is 23.7 Å². The van der Waals surface area contributed by atoms with Crippen molar-refractivity contribution >= 4 is 17.7 Å². The predicted octanol–water partition coefficient (Wildman–Crippen LogP) is 3.27. The fourth-order valence-electron chi connectivity index (χ4n) is 2.88. The molecule has 0 bridgehead atoms. The molecule has 5 nitrogen and oxygen atoms in total. The Bertz CT molecular complexity index is 731. The molecule has 1 aromatic heterocycles. The highest BCUT2D eigenvalue weighted by atomic mass is 35.5. The van der Waals surface area contributed by atoms with E-state index < -0.39 is 0 Å². The average molecular weight is 332 g/mol. The first kappa shape index (κ1) is 15.7. The van der Waals surface area contributed by atoms with E-state index in [9.17, 15) is 4.79 Å². The van der Waals surface area contributed by atoms with Gasteiger partial charge in [0.05, 0.1) is 12.8 Å². The molecule has 1 amide bonds. The number of hydrogen-bond donors (Lipinski definition) is 0. The maximum atomic E-state index is 11.8. The van der Waals surface area contributed by atoms with Crippen LogP contribution in [0.5, 0.6) is 0 Å². The highest BCUT2D eigenvalue weighted by Gasteiger charge is 2.23. The van der Waals surface area contributed by atoms with Gasteiger partial charge < -0.3 is 9.64 Å². The summed E-state index contributed by atoms with van der Waals surface area (Å²) in [5, 5.41) is 0.697. The third-order valence-electron chi connectivity index (χ3n) is 4.01. The van der Waals surface area contributed by atoms with Gasteiger partial charge in [-0.25, -0.2) is 14.8 Å². The second-order valence-electron chi connectivity index (χ2n) is 5.51. The van der Waals surface area contributed by atoms with Crippen molar-refractivity contribution in [3.05, 3.63) is 46.4 Å². The number of nitrogens with zero attached hydrogens (tertiary/aromatic N) is 3. The molecule has 1 aliphatic rings. The van der Waals surface area contributed by atoms with E-state index in [-0.39, 0.29) is 6.09 Å². The molecular formula is C17H18ClN3O2. The zero-order valence-corrected chi connectivity index (χ0v) is 13.9. The van der Waals surface area contributed by atoms with E-state index >= 15 is 0 Å². The van der Waals surface area contributed by atoms with Crippen molar-refractivity contribution in [2.45, 2.75) is 19.8 Å². The lowest BCUT2D eigenvalue weighted by atomic mass is 10.0. The molecule has 2 aromatic rings. The second kappa shape index (κ2) is 6.54. The maximum absolute atomic E-state index is 11.8. The lowest BCUT2D eigenvalue weighted by molar-refractivity contribution is 0.125. The molecule has 1 aromatic carbocycles. The summed E-state index contributed by atoms with van der Waals surface area (Å²) >= 11 is 5.98. The Hall–Kier alpha value is -2.14. The van der Waals surface area contributed by atoms with E-state index in [1.807, 2.05) is 31.2 Å². The normalized spacial score (nSPS) is 14.1. The number of fused-ring (bicyclic) bond motifs is 1. The van der Waals surface area contributed by atoms with E-state index in [0.717, 1.165) is 28.3 Å². The first-order valence-corrected chi connectivity index (χ1v) is 7.91. The Kier molecular flexibility index (Phi) is 4.48. The number of carbonyl (C=O) groups is 1. The van der Waals surface area contributed by atoms with E-state index in [0.29, 0.717) is 31.0 Å². The van der Waals surface area contributed by atoms with Crippen molar-refractivity contribution in [1.29, 1.82) is 0 Å². The number of rotatable bonds is 1. The lowest BCUT2D eigenvalue weighted by Gasteiger charge is -2.17. The molecule has 0 saturated heterocycles. The van der Waals surface area contributed by atoms with Gasteiger partial charge in [-0.05, 0) is 25.5 Å². The number of aryl methyl sites for hydroxylation is 1. The molecule has 0 N–H and O–H groups in total. The van der Waals surface area contributed by atoms with Crippen molar-refractivity contribution < 1.29 is 9.53 Å². The predicted molar refractivity (Wildman–Crippen MR) is 88.6 cm³/mol. The summed E-state index contributed by atoms with van der Waals surface area (Å²) in [5.74, 6) is 0.736. The highest BCUT2D eigenvalue weighted by Crippen LogP contribution is 2.27. The summed E-state index contributed by atoms with van der Waals surface area (Å²) in [6.45, 7) is 3.10. The van der Waals surface area contributed by atoms with Crippen LogP contribution in [-0.2, 0) is 17.6 Å². The topological polar surface area (TPSA) is 55.3 Å². The Morgan fingerprint density at radius 1 is 1.17 bits per heavy atom. The van der Waals surface area contributed by atoms with Crippen LogP contribution in [0.4, 0.5) is 4.79 Å². The van der Waals surface area contributed by atoms with Gasteiger partial charge in [-0.3, -0.25) is 0 Å². The van der Waals surface area contributed by atoms with Gasteiger partial charge in [0.2, 0.25) is 0 Å². The summed E-state index contributed by atoms with van der Waals surface area (Å²) in [4.78, 5) is 22.7. The summed E-state index contributed by atoms with van der Waals surface area (Å²) < 4.78 is 4.83. The van der Waals surface area contributed by atoms with Crippen LogP contribution >= 0.6 is 11.6 Å². The standard InChI is InChI=1S/C17H18ClN3O2/c1-11-19-15-8-10-21(17(22)23-2)9-7-14(15)16(20-11)12-3-5-13(18)6-4-12/h3-6H,7-10H2,1-2H3. The van der Waals surface area contributed by atoms with Crippen LogP contribution in [0.3, 0.4) is 0 Å². The molecule has 2 heterocycles. The molecule has 0 atom stereocenters. The molecule has 0 spiro atoms. The van der Waals surface area contributed by atoms with Gasteiger partial charge in [0.15, 0.2) is 0 Å². The molecule has 23 heavy (non-hydrogen) atoms. The molecule has 120 valence electrons. The molecule has 0 aliphatic carbocycles. The number of methoxy groups -OCH3 is 1. The van der Waals surface area contributed by atoms with Crippen LogP contribution in [0.25, 0.3) is 11.3 Å². The Balaban J connectivity index is 2.00. The smallest absolute Gasteiger partial charge is 0.409 e. The molecule has 0 fully saturated rings. The average Bonchev–Trinajstić information content (AvgIpc) is 2.76. The molecule has 3 rings (SSSR count). The van der Waals surface area contributed by atoms with Gasteiger partial charge in [0.1, 0.15) is 5.82 Å². The van der Waals surface area contributed by atoms with Crippen molar-refractivity contribution in [2.24, 2.45) is 0 Å². The van der Waals surface area contributed by atoms with Crippen LogP contribution in [0, 0.1) is 6.92 Å². The molecule has 0 saturated carbocycles. The number of benzene rings is 1. The zero-order valence-electron chi connectivity index (χ0n) is 13.2. The zero-order chi connectivity index (χ0) is 16.4. The summed E-state index contributed by atoms with van der Waals surface area (Å²) in [5.41, 5.74) is 4.05. The first-order chi connectivity index (χ1) is 11.1. The minimum atomic E-state index is -0.296. The number of hydrogen-bond acceptors (Lipinski definition) is 4. The summed E-state index contributed by atoms with van der Waals surface area (Å²) in [6, 6.07) is 7.65. The van der Waals surface area contributed by atoms with E-state index in [4.69, 9.17) is 16.3 Å². The SMILES string of the molecule is COC(=O)N1CCc2nc(C)nc(-c3ccc(Cl)cc3)c2CC1. The van der Waals surface area contributed by atoms with E-state index in [1.165, 1.54) is 7.11 Å². The lowest BCUT2D eigenvalue weighted by Crippen LogP contribution is -2.33. The van der Waals surface area contributed by atoms with Crippen LogP contribution < -0.4 is 0 Å². The van der Waals surface area contributed by atoms with Crippen LogP contribution in [0.1, 0.15) is 17.1 Å². The molecule has 6 heteroatoms. The number of amides is 1. The first-order valence-electron chi connectivity index (χ1n) is 7.53. The Labute approximate surface area is 140 Å². The van der Waals surface area contributed by atoms with Gasteiger partial charge >= 0.3 is 6.09 Å². The van der Waals surface area contributed by atoms with Gasteiger partial charge in [-0.15, -0.1) is 0 Å². The highest BCUT2D eigenvalue weighted by molar-refractivity contribution is 6.30. The van der Waals surface area contributed by atoms with Crippen LogP contribution in [0.15, 0.2) is 24.3 Å². The number of halogens is 1. The molecule has 0 radical (unpaired) electrons. The molecular weight excluding hydrogens is 314 g/mol.